The van der Waals surface area contributed by atoms with Crippen molar-refractivity contribution in [2.24, 2.45) is 0 Å². The monoisotopic (exact) mass is 254 g/mol. The molecule has 1 aromatic carbocycles. The minimum absolute atomic E-state index is 0.351. The van der Waals surface area contributed by atoms with Gasteiger partial charge in [-0.3, -0.25) is 0 Å². The molecule has 0 aromatic heterocycles. The van der Waals surface area contributed by atoms with Gasteiger partial charge in [0.2, 0.25) is 0 Å². The van der Waals surface area contributed by atoms with E-state index < -0.39 is 0 Å². The highest BCUT2D eigenvalue weighted by Gasteiger charge is 2.50. The van der Waals surface area contributed by atoms with Crippen LogP contribution in [0.4, 0.5) is 0 Å². The molecule has 1 aliphatic carbocycles. The topological polar surface area (TPSA) is 18.5 Å². The fourth-order valence-electron chi connectivity index (χ4n) is 2.08. The van der Waals surface area contributed by atoms with Gasteiger partial charge in [0.05, 0.1) is 18.2 Å². The molecule has 0 saturated heterocycles. The lowest BCUT2D eigenvalue weighted by molar-refractivity contribution is 0.321. The highest BCUT2D eigenvalue weighted by Crippen LogP contribution is 2.56. The molecule has 2 nitrogen and oxygen atoms in total. The van der Waals surface area contributed by atoms with E-state index in [1.165, 1.54) is 18.4 Å². The summed E-state index contributed by atoms with van der Waals surface area (Å²) in [5.41, 5.74) is 1.70. The molecule has 0 atom stereocenters. The Kier molecular flexibility index (Phi) is 1.63. The summed E-state index contributed by atoms with van der Waals surface area (Å²) < 4.78 is 11.9. The van der Waals surface area contributed by atoms with Crippen LogP contribution in [0.3, 0.4) is 0 Å². The van der Waals surface area contributed by atoms with Gasteiger partial charge in [0.25, 0.3) is 0 Å². The Balaban J connectivity index is 2.14. The lowest BCUT2D eigenvalue weighted by Crippen LogP contribution is -2.06. The minimum atomic E-state index is 0.351. The Labute approximate surface area is 91.3 Å². The van der Waals surface area contributed by atoms with Gasteiger partial charge in [-0.15, -0.1) is 0 Å². The molecular formula is C11H11BrO2. The summed E-state index contributed by atoms with van der Waals surface area (Å²) in [6.07, 6.45) is 2.53. The Morgan fingerprint density at radius 2 is 2.21 bits per heavy atom. The Bertz CT molecular complexity index is 397. The van der Waals surface area contributed by atoms with Crippen LogP contribution in [-0.2, 0) is 5.41 Å². The highest BCUT2D eigenvalue weighted by atomic mass is 79.9. The van der Waals surface area contributed by atoms with Crippen molar-refractivity contribution in [3.05, 3.63) is 22.2 Å². The summed E-state index contributed by atoms with van der Waals surface area (Å²) in [6, 6.07) is 4.13. The number of benzene rings is 1. The molecule has 0 N–H and O–H groups in total. The van der Waals surface area contributed by atoms with Crippen LogP contribution in [0.5, 0.6) is 11.5 Å². The standard InChI is InChI=1S/C11H11BrO2/c1-13-10-5-9-7(4-8(10)12)11(2-3-11)6-14-9/h4-5H,2-3,6H2,1H3. The van der Waals surface area contributed by atoms with Gasteiger partial charge >= 0.3 is 0 Å². The van der Waals surface area contributed by atoms with E-state index in [-0.39, 0.29) is 0 Å². The van der Waals surface area contributed by atoms with E-state index in [2.05, 4.69) is 22.0 Å². The molecule has 3 heteroatoms. The van der Waals surface area contributed by atoms with Crippen molar-refractivity contribution in [2.45, 2.75) is 18.3 Å². The SMILES string of the molecule is COc1cc2c(cc1Br)C1(CC1)CO2. The van der Waals surface area contributed by atoms with Crippen molar-refractivity contribution in [1.82, 2.24) is 0 Å². The van der Waals surface area contributed by atoms with E-state index in [0.29, 0.717) is 5.41 Å². The fourth-order valence-corrected chi connectivity index (χ4v) is 2.59. The smallest absolute Gasteiger partial charge is 0.136 e. The minimum Gasteiger partial charge on any atom is -0.495 e. The van der Waals surface area contributed by atoms with E-state index in [9.17, 15) is 0 Å². The van der Waals surface area contributed by atoms with Crippen molar-refractivity contribution in [1.29, 1.82) is 0 Å². The number of fused-ring (bicyclic) bond motifs is 2. The van der Waals surface area contributed by atoms with Gasteiger partial charge in [0.1, 0.15) is 11.5 Å². The molecule has 2 aliphatic rings. The molecule has 1 spiro atoms. The van der Waals surface area contributed by atoms with E-state index in [0.717, 1.165) is 22.6 Å². The molecular weight excluding hydrogens is 244 g/mol. The Morgan fingerprint density at radius 3 is 2.86 bits per heavy atom. The zero-order valence-electron chi connectivity index (χ0n) is 7.97. The summed E-state index contributed by atoms with van der Waals surface area (Å²) in [5, 5.41) is 0. The third-order valence-corrected chi connectivity index (χ3v) is 3.80. The molecule has 74 valence electrons. The fraction of sp³-hybridized carbons (Fsp3) is 0.455. The predicted molar refractivity (Wildman–Crippen MR) is 57.1 cm³/mol. The number of ether oxygens (including phenoxy) is 2. The van der Waals surface area contributed by atoms with Crippen LogP contribution in [0.15, 0.2) is 16.6 Å². The molecule has 1 aliphatic heterocycles. The Hall–Kier alpha value is -0.700. The number of halogens is 1. The number of hydrogen-bond donors (Lipinski definition) is 0. The normalized spacial score (nSPS) is 20.4. The van der Waals surface area contributed by atoms with Crippen molar-refractivity contribution in [3.8, 4) is 11.5 Å². The second-order valence-electron chi connectivity index (χ2n) is 4.05. The summed E-state index contributed by atoms with van der Waals surface area (Å²) in [7, 11) is 1.67. The van der Waals surface area contributed by atoms with Crippen LogP contribution < -0.4 is 9.47 Å². The average Bonchev–Trinajstić information content (AvgIpc) is 2.88. The number of hydrogen-bond acceptors (Lipinski definition) is 2. The second-order valence-corrected chi connectivity index (χ2v) is 4.91. The summed E-state index contributed by atoms with van der Waals surface area (Å²) >= 11 is 3.51. The third kappa shape index (κ3) is 1.02. The van der Waals surface area contributed by atoms with E-state index in [1.54, 1.807) is 7.11 Å². The molecule has 0 bridgehead atoms. The van der Waals surface area contributed by atoms with Crippen LogP contribution in [-0.4, -0.2) is 13.7 Å². The first-order valence-electron chi connectivity index (χ1n) is 4.76. The van der Waals surface area contributed by atoms with E-state index in [4.69, 9.17) is 9.47 Å². The highest BCUT2D eigenvalue weighted by molar-refractivity contribution is 9.10. The largest absolute Gasteiger partial charge is 0.495 e. The van der Waals surface area contributed by atoms with Crippen LogP contribution in [0.25, 0.3) is 0 Å². The van der Waals surface area contributed by atoms with E-state index >= 15 is 0 Å². The lowest BCUT2D eigenvalue weighted by Gasteiger charge is -2.07. The molecule has 1 fully saturated rings. The number of rotatable bonds is 1. The van der Waals surface area contributed by atoms with Gasteiger partial charge in [-0.05, 0) is 34.8 Å². The van der Waals surface area contributed by atoms with Gasteiger partial charge in [-0.25, -0.2) is 0 Å². The van der Waals surface area contributed by atoms with Crippen LogP contribution in [0.1, 0.15) is 18.4 Å². The van der Waals surface area contributed by atoms with Gasteiger partial charge in [0, 0.05) is 17.0 Å². The maximum Gasteiger partial charge on any atom is 0.136 e. The van der Waals surface area contributed by atoms with Crippen LogP contribution >= 0.6 is 15.9 Å². The molecule has 14 heavy (non-hydrogen) atoms. The number of methoxy groups -OCH3 is 1. The quantitative estimate of drug-likeness (QED) is 0.768. The Morgan fingerprint density at radius 1 is 1.43 bits per heavy atom. The zero-order chi connectivity index (χ0) is 9.76. The summed E-state index contributed by atoms with van der Waals surface area (Å²) in [6.45, 7) is 0.849. The molecule has 1 saturated carbocycles. The van der Waals surface area contributed by atoms with Gasteiger partial charge in [-0.1, -0.05) is 0 Å². The van der Waals surface area contributed by atoms with Gasteiger partial charge in [-0.2, -0.15) is 0 Å². The molecule has 1 aromatic rings. The van der Waals surface area contributed by atoms with Crippen LogP contribution in [0.2, 0.25) is 0 Å². The molecule has 0 amide bonds. The molecule has 0 radical (unpaired) electrons. The summed E-state index contributed by atoms with van der Waals surface area (Å²) in [5.74, 6) is 1.85. The van der Waals surface area contributed by atoms with Crippen molar-refractivity contribution in [3.63, 3.8) is 0 Å². The first-order valence-corrected chi connectivity index (χ1v) is 5.55. The maximum atomic E-state index is 5.67. The first-order chi connectivity index (χ1) is 6.75. The van der Waals surface area contributed by atoms with Crippen molar-refractivity contribution in [2.75, 3.05) is 13.7 Å². The van der Waals surface area contributed by atoms with Crippen molar-refractivity contribution < 1.29 is 9.47 Å². The van der Waals surface area contributed by atoms with Crippen LogP contribution in [0, 0.1) is 0 Å². The molecule has 1 heterocycles. The van der Waals surface area contributed by atoms with Gasteiger partial charge in [0.15, 0.2) is 0 Å². The first kappa shape index (κ1) is 8.60. The summed E-state index contributed by atoms with van der Waals surface area (Å²) in [4.78, 5) is 0. The molecule has 0 unspecified atom stereocenters. The zero-order valence-corrected chi connectivity index (χ0v) is 9.56. The average molecular weight is 255 g/mol. The van der Waals surface area contributed by atoms with Crippen molar-refractivity contribution >= 4 is 15.9 Å². The molecule has 3 rings (SSSR count). The third-order valence-electron chi connectivity index (χ3n) is 3.18. The van der Waals surface area contributed by atoms with Gasteiger partial charge < -0.3 is 9.47 Å². The maximum absolute atomic E-state index is 5.67. The second kappa shape index (κ2) is 2.66. The van der Waals surface area contributed by atoms with E-state index in [1.807, 2.05) is 6.07 Å². The predicted octanol–water partition coefficient (Wildman–Crippen LogP) is 2.88. The lowest BCUT2D eigenvalue weighted by atomic mass is 9.99.